The topological polar surface area (TPSA) is 125 Å². The van der Waals surface area contributed by atoms with E-state index in [1.807, 2.05) is 0 Å². The maximum absolute atomic E-state index is 11.7. The zero-order valence-corrected chi connectivity index (χ0v) is 13.2. The minimum atomic E-state index is -3.38. The van der Waals surface area contributed by atoms with Crippen molar-refractivity contribution >= 4 is 22.0 Å². The standard InChI is InChI=1S/C11H23N3O5S/c1-10(2,6-8(15)16)13-9(17)12-7-11(3,4)14-20(5,18)19/h14H,6-7H2,1-5H3,(H,15,16)(H2,12,13,17). The summed E-state index contributed by atoms with van der Waals surface area (Å²) in [6, 6.07) is -0.556. The second-order valence-electron chi connectivity index (χ2n) is 6.02. The van der Waals surface area contributed by atoms with Crippen LogP contribution >= 0.6 is 0 Å². The number of carboxylic acid groups (broad SMARTS) is 1. The molecule has 0 saturated carbocycles. The first-order valence-electron chi connectivity index (χ1n) is 5.99. The fourth-order valence-electron chi connectivity index (χ4n) is 1.61. The van der Waals surface area contributed by atoms with Crippen molar-refractivity contribution in [3.63, 3.8) is 0 Å². The summed E-state index contributed by atoms with van der Waals surface area (Å²) >= 11 is 0. The quantitative estimate of drug-likeness (QED) is 0.521. The molecule has 0 aliphatic carbocycles. The Morgan fingerprint density at radius 1 is 1.10 bits per heavy atom. The van der Waals surface area contributed by atoms with Crippen molar-refractivity contribution in [2.75, 3.05) is 12.8 Å². The Labute approximate surface area is 119 Å². The fraction of sp³-hybridized carbons (Fsp3) is 0.818. The summed E-state index contributed by atoms with van der Waals surface area (Å²) in [6.45, 7) is 6.48. The number of amides is 2. The molecule has 4 N–H and O–H groups in total. The van der Waals surface area contributed by atoms with Crippen LogP contribution in [0.4, 0.5) is 4.79 Å². The van der Waals surface area contributed by atoms with Crippen molar-refractivity contribution in [1.82, 2.24) is 15.4 Å². The zero-order chi connectivity index (χ0) is 16.2. The van der Waals surface area contributed by atoms with Gasteiger partial charge in [0.2, 0.25) is 10.0 Å². The van der Waals surface area contributed by atoms with E-state index in [9.17, 15) is 18.0 Å². The third-order valence-electron chi connectivity index (χ3n) is 2.20. The number of carbonyl (C=O) groups is 2. The van der Waals surface area contributed by atoms with Crippen LogP contribution in [0, 0.1) is 0 Å². The summed E-state index contributed by atoms with van der Waals surface area (Å²) < 4.78 is 24.7. The van der Waals surface area contributed by atoms with Gasteiger partial charge in [0.25, 0.3) is 0 Å². The highest BCUT2D eigenvalue weighted by Gasteiger charge is 2.26. The Hall–Kier alpha value is -1.35. The third-order valence-corrected chi connectivity index (χ3v) is 3.12. The molecule has 0 saturated heterocycles. The Morgan fingerprint density at radius 3 is 2.00 bits per heavy atom. The maximum atomic E-state index is 11.7. The van der Waals surface area contributed by atoms with Crippen LogP contribution in [-0.4, -0.2) is 49.4 Å². The molecule has 0 unspecified atom stereocenters. The monoisotopic (exact) mass is 309 g/mol. The van der Waals surface area contributed by atoms with Crippen LogP contribution in [0.5, 0.6) is 0 Å². The van der Waals surface area contributed by atoms with Gasteiger partial charge in [-0.15, -0.1) is 0 Å². The minimum Gasteiger partial charge on any atom is -0.481 e. The van der Waals surface area contributed by atoms with Crippen LogP contribution in [0.15, 0.2) is 0 Å². The molecule has 20 heavy (non-hydrogen) atoms. The van der Waals surface area contributed by atoms with Crippen LogP contribution in [0.25, 0.3) is 0 Å². The van der Waals surface area contributed by atoms with Gasteiger partial charge in [0, 0.05) is 17.6 Å². The van der Waals surface area contributed by atoms with Gasteiger partial charge in [-0.1, -0.05) is 0 Å². The zero-order valence-electron chi connectivity index (χ0n) is 12.4. The smallest absolute Gasteiger partial charge is 0.315 e. The lowest BCUT2D eigenvalue weighted by atomic mass is 10.0. The van der Waals surface area contributed by atoms with E-state index in [2.05, 4.69) is 15.4 Å². The highest BCUT2D eigenvalue weighted by atomic mass is 32.2. The Kier molecular flexibility index (Phi) is 5.97. The summed E-state index contributed by atoms with van der Waals surface area (Å²) in [5, 5.41) is 13.7. The first kappa shape index (κ1) is 18.7. The van der Waals surface area contributed by atoms with Gasteiger partial charge in [-0.25, -0.2) is 17.9 Å². The van der Waals surface area contributed by atoms with Gasteiger partial charge in [-0.05, 0) is 27.7 Å². The Morgan fingerprint density at radius 2 is 1.60 bits per heavy atom. The number of hydrogen-bond donors (Lipinski definition) is 4. The van der Waals surface area contributed by atoms with E-state index in [0.29, 0.717) is 0 Å². The number of aliphatic carboxylic acids is 1. The number of rotatable bonds is 7. The third kappa shape index (κ3) is 9.56. The number of carboxylic acids is 1. The summed E-state index contributed by atoms with van der Waals surface area (Å²) in [4.78, 5) is 22.3. The molecule has 0 aromatic carbocycles. The van der Waals surface area contributed by atoms with E-state index in [1.165, 1.54) is 0 Å². The molecule has 2 amide bonds. The molecule has 0 atom stereocenters. The van der Waals surface area contributed by atoms with Gasteiger partial charge in [-0.2, -0.15) is 0 Å². The van der Waals surface area contributed by atoms with Crippen molar-refractivity contribution in [2.45, 2.75) is 45.2 Å². The summed E-state index contributed by atoms with van der Waals surface area (Å²) in [6.07, 6.45) is 0.816. The lowest BCUT2D eigenvalue weighted by Crippen LogP contribution is -2.55. The molecular formula is C11H23N3O5S. The van der Waals surface area contributed by atoms with Crippen molar-refractivity contribution in [2.24, 2.45) is 0 Å². The van der Waals surface area contributed by atoms with Crippen LogP contribution in [-0.2, 0) is 14.8 Å². The molecule has 118 valence electrons. The highest BCUT2D eigenvalue weighted by Crippen LogP contribution is 2.08. The molecule has 0 heterocycles. The van der Waals surface area contributed by atoms with Crippen LogP contribution < -0.4 is 15.4 Å². The molecule has 0 bridgehead atoms. The molecule has 9 heteroatoms. The number of hydrogen-bond acceptors (Lipinski definition) is 4. The summed E-state index contributed by atoms with van der Waals surface area (Å²) in [5.74, 6) is -1.02. The first-order valence-corrected chi connectivity index (χ1v) is 7.88. The van der Waals surface area contributed by atoms with Gasteiger partial charge in [0.05, 0.1) is 12.7 Å². The second-order valence-corrected chi connectivity index (χ2v) is 7.77. The SMILES string of the molecule is CC(C)(CC(=O)O)NC(=O)NCC(C)(C)NS(C)(=O)=O. The van der Waals surface area contributed by atoms with E-state index in [0.717, 1.165) is 6.26 Å². The average Bonchev–Trinajstić information content (AvgIpc) is 2.07. The van der Waals surface area contributed by atoms with Crippen molar-refractivity contribution in [3.8, 4) is 0 Å². The van der Waals surface area contributed by atoms with Crippen LogP contribution in [0.3, 0.4) is 0 Å². The van der Waals surface area contributed by atoms with E-state index in [1.54, 1.807) is 27.7 Å². The molecule has 0 aromatic rings. The maximum Gasteiger partial charge on any atom is 0.315 e. The van der Waals surface area contributed by atoms with Crippen molar-refractivity contribution < 1.29 is 23.1 Å². The number of urea groups is 1. The Balaban J connectivity index is 4.39. The van der Waals surface area contributed by atoms with Gasteiger partial charge in [0.15, 0.2) is 0 Å². The second kappa shape index (κ2) is 6.40. The molecule has 0 aliphatic heterocycles. The van der Waals surface area contributed by atoms with Crippen LogP contribution in [0.2, 0.25) is 0 Å². The summed E-state index contributed by atoms with van der Waals surface area (Å²) in [7, 11) is -3.38. The number of sulfonamides is 1. The molecular weight excluding hydrogens is 286 g/mol. The number of carbonyl (C=O) groups excluding carboxylic acids is 1. The Bertz CT molecular complexity index is 470. The molecule has 8 nitrogen and oxygen atoms in total. The average molecular weight is 309 g/mol. The number of nitrogens with one attached hydrogen (secondary N) is 3. The van der Waals surface area contributed by atoms with Crippen LogP contribution in [0.1, 0.15) is 34.1 Å². The predicted octanol–water partition coefficient (Wildman–Crippen LogP) is -0.133. The highest BCUT2D eigenvalue weighted by molar-refractivity contribution is 7.88. The van der Waals surface area contributed by atoms with E-state index >= 15 is 0 Å². The lowest BCUT2D eigenvalue weighted by molar-refractivity contribution is -0.138. The van der Waals surface area contributed by atoms with Crippen molar-refractivity contribution in [3.05, 3.63) is 0 Å². The van der Waals surface area contributed by atoms with E-state index in [4.69, 9.17) is 5.11 Å². The molecule has 0 spiro atoms. The van der Waals surface area contributed by atoms with Gasteiger partial charge >= 0.3 is 12.0 Å². The molecule has 0 radical (unpaired) electrons. The van der Waals surface area contributed by atoms with E-state index in [-0.39, 0.29) is 13.0 Å². The molecule has 0 aromatic heterocycles. The molecule has 0 rings (SSSR count). The predicted molar refractivity (Wildman–Crippen MR) is 74.9 cm³/mol. The fourth-order valence-corrected chi connectivity index (χ4v) is 2.69. The van der Waals surface area contributed by atoms with Gasteiger partial charge in [0.1, 0.15) is 0 Å². The van der Waals surface area contributed by atoms with Crippen molar-refractivity contribution in [1.29, 1.82) is 0 Å². The van der Waals surface area contributed by atoms with Gasteiger partial charge < -0.3 is 15.7 Å². The minimum absolute atomic E-state index is 0.0645. The normalized spacial score (nSPS) is 12.8. The molecule has 0 aliphatic rings. The summed E-state index contributed by atoms with van der Waals surface area (Å²) in [5.41, 5.74) is -1.74. The molecule has 0 fully saturated rings. The van der Waals surface area contributed by atoms with Gasteiger partial charge in [-0.3, -0.25) is 4.79 Å². The largest absolute Gasteiger partial charge is 0.481 e. The van der Waals surface area contributed by atoms with E-state index < -0.39 is 33.1 Å². The lowest BCUT2D eigenvalue weighted by Gasteiger charge is -2.28. The first-order chi connectivity index (χ1) is 8.72.